The van der Waals surface area contributed by atoms with Crippen LogP contribution in [0.25, 0.3) is 4.96 Å². The number of benzene rings is 1. The van der Waals surface area contributed by atoms with E-state index in [9.17, 15) is 14.4 Å². The second-order valence-corrected chi connectivity index (χ2v) is 6.36. The summed E-state index contributed by atoms with van der Waals surface area (Å²) in [5.41, 5.74) is 0.587. The first-order chi connectivity index (χ1) is 11.9. The molecule has 25 heavy (non-hydrogen) atoms. The summed E-state index contributed by atoms with van der Waals surface area (Å²) in [4.78, 5) is 40.2. The number of para-hydroxylation sites is 1. The maximum atomic E-state index is 12.3. The van der Waals surface area contributed by atoms with Crippen molar-refractivity contribution in [2.75, 3.05) is 5.32 Å². The molecule has 3 aromatic rings. The monoisotopic (exact) mass is 358 g/mol. The summed E-state index contributed by atoms with van der Waals surface area (Å²) in [6, 6.07) is 7.79. The number of carbonyl (C=O) groups is 2. The summed E-state index contributed by atoms with van der Waals surface area (Å²) in [6.45, 7) is 2.97. The molecule has 0 atom stereocenters. The van der Waals surface area contributed by atoms with Gasteiger partial charge in [-0.1, -0.05) is 23.5 Å². The van der Waals surface area contributed by atoms with E-state index in [-0.39, 0.29) is 23.6 Å². The molecular formula is C16H14N4O4S. The van der Waals surface area contributed by atoms with Crippen molar-refractivity contribution in [3.8, 4) is 0 Å². The molecule has 8 nitrogen and oxygen atoms in total. The minimum atomic E-state index is -0.619. The molecule has 1 amide bonds. The molecule has 1 N–H and O–H groups in total. The van der Waals surface area contributed by atoms with Crippen LogP contribution < -0.4 is 10.9 Å². The predicted molar refractivity (Wildman–Crippen MR) is 91.7 cm³/mol. The molecule has 0 aliphatic heterocycles. The van der Waals surface area contributed by atoms with Crippen LogP contribution in [0.4, 0.5) is 5.69 Å². The number of hydrogen-bond donors (Lipinski definition) is 1. The van der Waals surface area contributed by atoms with Gasteiger partial charge in [0.2, 0.25) is 10.9 Å². The fraction of sp³-hybridized carbons (Fsp3) is 0.188. The van der Waals surface area contributed by atoms with Crippen LogP contribution in [0.1, 0.15) is 28.0 Å². The average molecular weight is 358 g/mol. The van der Waals surface area contributed by atoms with Gasteiger partial charge >= 0.3 is 5.97 Å². The lowest BCUT2D eigenvalue weighted by Crippen LogP contribution is -2.17. The number of ether oxygens (including phenoxy) is 1. The molecule has 0 fully saturated rings. The van der Waals surface area contributed by atoms with Crippen LogP contribution in [-0.2, 0) is 16.1 Å². The topological polar surface area (TPSA) is 103 Å². The van der Waals surface area contributed by atoms with Crippen LogP contribution in [0, 0.1) is 6.92 Å². The van der Waals surface area contributed by atoms with E-state index in [0.29, 0.717) is 21.3 Å². The molecule has 2 aromatic heterocycles. The van der Waals surface area contributed by atoms with E-state index in [1.54, 1.807) is 31.2 Å². The number of carbonyl (C=O) groups excluding carboxylic acids is 2. The zero-order valence-corrected chi connectivity index (χ0v) is 14.3. The summed E-state index contributed by atoms with van der Waals surface area (Å²) in [6.07, 6.45) is 0. The van der Waals surface area contributed by atoms with E-state index in [1.807, 2.05) is 0 Å². The van der Waals surface area contributed by atoms with Crippen molar-refractivity contribution in [2.45, 2.75) is 20.5 Å². The Morgan fingerprint density at radius 3 is 2.84 bits per heavy atom. The molecule has 0 saturated carbocycles. The fourth-order valence-electron chi connectivity index (χ4n) is 2.20. The second-order valence-electron chi connectivity index (χ2n) is 5.20. The minimum Gasteiger partial charge on any atom is -0.456 e. The summed E-state index contributed by atoms with van der Waals surface area (Å²) in [5.74, 6) is -0.909. The van der Waals surface area contributed by atoms with Gasteiger partial charge in [0.15, 0.2) is 0 Å². The van der Waals surface area contributed by atoms with Gasteiger partial charge in [0.25, 0.3) is 5.56 Å². The van der Waals surface area contributed by atoms with Crippen molar-refractivity contribution < 1.29 is 14.3 Å². The van der Waals surface area contributed by atoms with Gasteiger partial charge in [-0.3, -0.25) is 9.59 Å². The van der Waals surface area contributed by atoms with Gasteiger partial charge in [-0.05, 0) is 19.1 Å². The summed E-state index contributed by atoms with van der Waals surface area (Å²) in [7, 11) is 0. The Labute approximate surface area is 146 Å². The lowest BCUT2D eigenvalue weighted by Gasteiger charge is -2.09. The van der Waals surface area contributed by atoms with Crippen molar-refractivity contribution in [3.05, 3.63) is 57.0 Å². The molecule has 9 heteroatoms. The number of esters is 1. The highest BCUT2D eigenvalue weighted by Crippen LogP contribution is 2.17. The molecule has 0 saturated heterocycles. The van der Waals surface area contributed by atoms with Gasteiger partial charge in [0.05, 0.1) is 16.9 Å². The lowest BCUT2D eigenvalue weighted by molar-refractivity contribution is -0.114. The number of nitrogens with zero attached hydrogens (tertiary/aromatic N) is 3. The average Bonchev–Trinajstić information content (AvgIpc) is 2.93. The van der Waals surface area contributed by atoms with Gasteiger partial charge in [0, 0.05) is 13.0 Å². The summed E-state index contributed by atoms with van der Waals surface area (Å²) < 4.78 is 6.44. The summed E-state index contributed by atoms with van der Waals surface area (Å²) >= 11 is 1.27. The van der Waals surface area contributed by atoms with E-state index < -0.39 is 5.97 Å². The van der Waals surface area contributed by atoms with Crippen molar-refractivity contribution in [1.82, 2.24) is 14.6 Å². The number of hydrogen-bond acceptors (Lipinski definition) is 7. The Morgan fingerprint density at radius 2 is 2.08 bits per heavy atom. The molecule has 0 spiro atoms. The molecule has 128 valence electrons. The number of nitrogens with one attached hydrogen (secondary N) is 1. The third kappa shape index (κ3) is 3.72. The molecule has 0 unspecified atom stereocenters. The van der Waals surface area contributed by atoms with Crippen LogP contribution in [0.5, 0.6) is 0 Å². The molecule has 0 aliphatic carbocycles. The van der Waals surface area contributed by atoms with E-state index in [2.05, 4.69) is 15.4 Å². The SMILES string of the molecule is CC(=O)Nc1ccccc1C(=O)OCc1cc(=O)n2nc(C)sc2n1. The number of amides is 1. The predicted octanol–water partition coefficient (Wildman–Crippen LogP) is 1.77. The normalized spacial score (nSPS) is 10.6. The third-order valence-corrected chi connectivity index (χ3v) is 4.03. The van der Waals surface area contributed by atoms with Gasteiger partial charge in [-0.25, -0.2) is 9.78 Å². The van der Waals surface area contributed by atoms with Crippen molar-refractivity contribution in [3.63, 3.8) is 0 Å². The highest BCUT2D eigenvalue weighted by atomic mass is 32.1. The first-order valence-electron chi connectivity index (χ1n) is 7.34. The largest absolute Gasteiger partial charge is 0.456 e. The van der Waals surface area contributed by atoms with Gasteiger partial charge < -0.3 is 10.1 Å². The van der Waals surface area contributed by atoms with Crippen LogP contribution in [-0.4, -0.2) is 26.5 Å². The van der Waals surface area contributed by atoms with Gasteiger partial charge in [0.1, 0.15) is 11.6 Å². The van der Waals surface area contributed by atoms with Crippen molar-refractivity contribution >= 4 is 33.9 Å². The Hall–Kier alpha value is -3.07. The molecule has 3 rings (SSSR count). The number of rotatable bonds is 4. The molecule has 1 aromatic carbocycles. The lowest BCUT2D eigenvalue weighted by atomic mass is 10.2. The van der Waals surface area contributed by atoms with E-state index in [4.69, 9.17) is 4.74 Å². The number of anilines is 1. The molecule has 2 heterocycles. The first kappa shape index (κ1) is 16.8. The smallest absolute Gasteiger partial charge is 0.340 e. The highest BCUT2D eigenvalue weighted by molar-refractivity contribution is 7.16. The number of fused-ring (bicyclic) bond motifs is 1. The van der Waals surface area contributed by atoms with Crippen LogP contribution in [0.15, 0.2) is 35.1 Å². The Bertz CT molecular complexity index is 1020. The van der Waals surface area contributed by atoms with Crippen molar-refractivity contribution in [2.24, 2.45) is 0 Å². The molecule has 0 bridgehead atoms. The number of aromatic nitrogens is 3. The quantitative estimate of drug-likeness (QED) is 0.713. The van der Waals surface area contributed by atoms with Crippen LogP contribution >= 0.6 is 11.3 Å². The van der Waals surface area contributed by atoms with Gasteiger partial charge in [-0.2, -0.15) is 9.61 Å². The number of aryl methyl sites for hydroxylation is 1. The maximum Gasteiger partial charge on any atom is 0.340 e. The van der Waals surface area contributed by atoms with E-state index in [1.165, 1.54) is 28.8 Å². The molecular weight excluding hydrogens is 344 g/mol. The first-order valence-corrected chi connectivity index (χ1v) is 8.16. The zero-order valence-electron chi connectivity index (χ0n) is 13.5. The second kappa shape index (κ2) is 6.81. The van der Waals surface area contributed by atoms with Crippen LogP contribution in [0.2, 0.25) is 0 Å². The Balaban J connectivity index is 1.79. The van der Waals surface area contributed by atoms with Gasteiger partial charge in [-0.15, -0.1) is 0 Å². The van der Waals surface area contributed by atoms with E-state index >= 15 is 0 Å². The minimum absolute atomic E-state index is 0.157. The summed E-state index contributed by atoms with van der Waals surface area (Å²) in [5, 5.41) is 7.33. The zero-order chi connectivity index (χ0) is 18.0. The van der Waals surface area contributed by atoms with E-state index in [0.717, 1.165) is 0 Å². The Kier molecular flexibility index (Phi) is 4.57. The van der Waals surface area contributed by atoms with Crippen molar-refractivity contribution in [1.29, 1.82) is 0 Å². The molecule has 0 radical (unpaired) electrons. The molecule has 0 aliphatic rings. The van der Waals surface area contributed by atoms with Crippen LogP contribution in [0.3, 0.4) is 0 Å². The maximum absolute atomic E-state index is 12.3. The third-order valence-electron chi connectivity index (χ3n) is 3.21. The standard InChI is InChI=1S/C16H14N4O4S/c1-9(21)17-13-6-4-3-5-12(13)15(23)24-8-11-7-14(22)20-16(18-11)25-10(2)19-20/h3-7H,8H2,1-2H3,(H,17,21). The Morgan fingerprint density at radius 1 is 1.32 bits per heavy atom. The fourth-order valence-corrected chi connectivity index (χ4v) is 2.97. The highest BCUT2D eigenvalue weighted by Gasteiger charge is 2.14.